The van der Waals surface area contributed by atoms with Crippen LogP contribution in [0.1, 0.15) is 23.2 Å². The van der Waals surface area contributed by atoms with Crippen molar-refractivity contribution in [1.29, 1.82) is 0 Å². The van der Waals surface area contributed by atoms with Crippen LogP contribution in [0.2, 0.25) is 0 Å². The Balaban J connectivity index is 0.00000156. The van der Waals surface area contributed by atoms with E-state index in [9.17, 15) is 9.90 Å². The molecule has 2 heterocycles. The van der Waals surface area contributed by atoms with Gasteiger partial charge in [-0.3, -0.25) is 4.79 Å². The van der Waals surface area contributed by atoms with Gasteiger partial charge in [-0.2, -0.15) is 0 Å². The Morgan fingerprint density at radius 1 is 1.22 bits per heavy atom. The van der Waals surface area contributed by atoms with E-state index < -0.39 is 6.10 Å². The lowest BCUT2D eigenvalue weighted by atomic mass is 9.77. The molecule has 1 saturated heterocycles. The number of amides is 1. The van der Waals surface area contributed by atoms with Gasteiger partial charge in [-0.25, -0.2) is 0 Å². The van der Waals surface area contributed by atoms with Crippen LogP contribution in [-0.4, -0.2) is 36.2 Å². The molecule has 23 heavy (non-hydrogen) atoms. The van der Waals surface area contributed by atoms with Crippen molar-refractivity contribution >= 4 is 39.7 Å². The molecule has 0 bridgehead atoms. The summed E-state index contributed by atoms with van der Waals surface area (Å²) >= 11 is 1.59. The molecule has 1 aliphatic carbocycles. The first kappa shape index (κ1) is 16.7. The molecule has 2 aromatic rings. The van der Waals surface area contributed by atoms with Gasteiger partial charge >= 0.3 is 0 Å². The fourth-order valence-electron chi connectivity index (χ4n) is 3.85. The van der Waals surface area contributed by atoms with Gasteiger partial charge < -0.3 is 15.7 Å². The number of aliphatic hydroxyl groups is 1. The molecule has 1 aromatic heterocycles. The van der Waals surface area contributed by atoms with E-state index in [1.807, 2.05) is 29.6 Å². The average molecular weight is 353 g/mol. The highest BCUT2D eigenvalue weighted by Crippen LogP contribution is 2.33. The average Bonchev–Trinajstić information content (AvgIpc) is 3.13. The number of carbonyl (C=O) groups is 1. The number of rotatable bonds is 2. The largest absolute Gasteiger partial charge is 0.391 e. The third kappa shape index (κ3) is 3.11. The summed E-state index contributed by atoms with van der Waals surface area (Å²) in [6.45, 7) is 2.00. The van der Waals surface area contributed by atoms with Crippen molar-refractivity contribution in [3.8, 4) is 0 Å². The molecule has 4 rings (SSSR count). The minimum atomic E-state index is -0.435. The molecular formula is C17H21ClN2O2S. The lowest BCUT2D eigenvalue weighted by Crippen LogP contribution is -2.49. The van der Waals surface area contributed by atoms with E-state index in [1.165, 1.54) is 0 Å². The van der Waals surface area contributed by atoms with E-state index in [-0.39, 0.29) is 24.4 Å². The van der Waals surface area contributed by atoms with Crippen LogP contribution >= 0.6 is 23.7 Å². The summed E-state index contributed by atoms with van der Waals surface area (Å²) in [6, 6.07) is 7.82. The first-order valence-electron chi connectivity index (χ1n) is 7.88. The molecule has 0 radical (unpaired) electrons. The second-order valence-corrected chi connectivity index (χ2v) is 7.35. The molecule has 1 aliphatic heterocycles. The van der Waals surface area contributed by atoms with Crippen molar-refractivity contribution in [2.45, 2.75) is 25.0 Å². The standard InChI is InChI=1S/C17H20N2O2S.ClH/c20-15-6-11-8-18-7-10(11)5-14(15)19-17(21)13-9-22-16-4-2-1-3-12(13)16;/h1-4,9-11,14-15,18,20H,5-8H2,(H,19,21);1H/t10-,11+,14-,15-;/m0./s1. The fraction of sp³-hybridized carbons (Fsp3) is 0.471. The summed E-state index contributed by atoms with van der Waals surface area (Å²) < 4.78 is 1.12. The SMILES string of the molecule is Cl.O=C(N[C@H]1C[C@H]2CNC[C@H]2C[C@@H]1O)c1csc2ccccc12. The van der Waals surface area contributed by atoms with E-state index in [4.69, 9.17) is 0 Å². The summed E-state index contributed by atoms with van der Waals surface area (Å²) in [4.78, 5) is 12.6. The zero-order chi connectivity index (χ0) is 15.1. The highest BCUT2D eigenvalue weighted by molar-refractivity contribution is 7.17. The van der Waals surface area contributed by atoms with Crippen LogP contribution in [0.3, 0.4) is 0 Å². The van der Waals surface area contributed by atoms with Crippen molar-refractivity contribution in [3.05, 3.63) is 35.2 Å². The molecule has 4 nitrogen and oxygen atoms in total. The van der Waals surface area contributed by atoms with Crippen LogP contribution in [0.5, 0.6) is 0 Å². The second-order valence-electron chi connectivity index (χ2n) is 6.44. The minimum Gasteiger partial charge on any atom is -0.391 e. The van der Waals surface area contributed by atoms with Crippen LogP contribution in [-0.2, 0) is 0 Å². The molecular weight excluding hydrogens is 332 g/mol. The molecule has 0 unspecified atom stereocenters. The molecule has 3 N–H and O–H groups in total. The number of aliphatic hydroxyl groups excluding tert-OH is 1. The summed E-state index contributed by atoms with van der Waals surface area (Å²) in [5.41, 5.74) is 0.722. The lowest BCUT2D eigenvalue weighted by molar-refractivity contribution is 0.0463. The summed E-state index contributed by atoms with van der Waals surface area (Å²) in [7, 11) is 0. The van der Waals surface area contributed by atoms with Crippen molar-refractivity contribution in [2.24, 2.45) is 11.8 Å². The van der Waals surface area contributed by atoms with Gasteiger partial charge in [0.15, 0.2) is 0 Å². The van der Waals surface area contributed by atoms with Crippen molar-refractivity contribution in [2.75, 3.05) is 13.1 Å². The molecule has 1 aromatic carbocycles. The monoisotopic (exact) mass is 352 g/mol. The van der Waals surface area contributed by atoms with Crippen LogP contribution in [0, 0.1) is 11.8 Å². The molecule has 1 amide bonds. The van der Waals surface area contributed by atoms with Crippen LogP contribution in [0.25, 0.3) is 10.1 Å². The Morgan fingerprint density at radius 3 is 2.78 bits per heavy atom. The Hall–Kier alpha value is -1.14. The van der Waals surface area contributed by atoms with Gasteiger partial charge in [0, 0.05) is 15.5 Å². The van der Waals surface area contributed by atoms with Gasteiger partial charge in [-0.15, -0.1) is 23.7 Å². The maximum Gasteiger partial charge on any atom is 0.253 e. The summed E-state index contributed by atoms with van der Waals surface area (Å²) in [5.74, 6) is 1.07. The van der Waals surface area contributed by atoms with Gasteiger partial charge in [0.05, 0.1) is 17.7 Å². The van der Waals surface area contributed by atoms with Gasteiger partial charge in [-0.05, 0) is 43.8 Å². The molecule has 0 spiro atoms. The van der Waals surface area contributed by atoms with Gasteiger partial charge in [0.1, 0.15) is 0 Å². The Morgan fingerprint density at radius 2 is 1.96 bits per heavy atom. The number of benzene rings is 1. The molecule has 6 heteroatoms. The fourth-order valence-corrected chi connectivity index (χ4v) is 4.79. The number of halogens is 1. The minimum absolute atomic E-state index is 0. The highest BCUT2D eigenvalue weighted by Gasteiger charge is 2.39. The van der Waals surface area contributed by atoms with E-state index in [2.05, 4.69) is 10.6 Å². The van der Waals surface area contributed by atoms with Crippen LogP contribution in [0.4, 0.5) is 0 Å². The Bertz CT molecular complexity index is 705. The number of nitrogens with one attached hydrogen (secondary N) is 2. The normalized spacial score (nSPS) is 29.8. The molecule has 1 saturated carbocycles. The highest BCUT2D eigenvalue weighted by atomic mass is 35.5. The Labute approximate surface area is 145 Å². The predicted octanol–water partition coefficient (Wildman–Crippen LogP) is 2.41. The number of hydrogen-bond donors (Lipinski definition) is 3. The number of hydrogen-bond acceptors (Lipinski definition) is 4. The third-order valence-electron chi connectivity index (χ3n) is 5.09. The molecule has 2 fully saturated rings. The third-order valence-corrected chi connectivity index (χ3v) is 6.05. The maximum absolute atomic E-state index is 12.6. The number of thiophene rings is 1. The van der Waals surface area contributed by atoms with Gasteiger partial charge in [0.25, 0.3) is 5.91 Å². The second kappa shape index (κ2) is 6.77. The van der Waals surface area contributed by atoms with E-state index in [1.54, 1.807) is 11.3 Å². The van der Waals surface area contributed by atoms with E-state index in [0.29, 0.717) is 11.8 Å². The van der Waals surface area contributed by atoms with Crippen LogP contribution < -0.4 is 10.6 Å². The number of carbonyl (C=O) groups excluding carboxylic acids is 1. The van der Waals surface area contributed by atoms with Gasteiger partial charge in [0.2, 0.25) is 0 Å². The smallest absolute Gasteiger partial charge is 0.253 e. The van der Waals surface area contributed by atoms with E-state index >= 15 is 0 Å². The zero-order valence-corrected chi connectivity index (χ0v) is 14.3. The zero-order valence-electron chi connectivity index (χ0n) is 12.7. The predicted molar refractivity (Wildman–Crippen MR) is 95.4 cm³/mol. The van der Waals surface area contributed by atoms with Crippen molar-refractivity contribution in [1.82, 2.24) is 10.6 Å². The molecule has 2 aliphatic rings. The lowest BCUT2D eigenvalue weighted by Gasteiger charge is -2.35. The molecule has 4 atom stereocenters. The quantitative estimate of drug-likeness (QED) is 0.777. The van der Waals surface area contributed by atoms with Crippen LogP contribution in [0.15, 0.2) is 29.6 Å². The Kier molecular flexibility index (Phi) is 4.92. The van der Waals surface area contributed by atoms with Crippen molar-refractivity contribution in [3.63, 3.8) is 0 Å². The molecule has 124 valence electrons. The topological polar surface area (TPSA) is 61.4 Å². The summed E-state index contributed by atoms with van der Waals surface area (Å²) in [6.07, 6.45) is 1.22. The first-order valence-corrected chi connectivity index (χ1v) is 8.76. The van der Waals surface area contributed by atoms with E-state index in [0.717, 1.165) is 41.6 Å². The maximum atomic E-state index is 12.6. The summed E-state index contributed by atoms with van der Waals surface area (Å²) in [5, 5.41) is 19.7. The van der Waals surface area contributed by atoms with Crippen molar-refractivity contribution < 1.29 is 9.90 Å². The van der Waals surface area contributed by atoms with Gasteiger partial charge in [-0.1, -0.05) is 18.2 Å². The number of fused-ring (bicyclic) bond motifs is 2. The first-order chi connectivity index (χ1) is 10.7.